The van der Waals surface area contributed by atoms with Gasteiger partial charge in [0, 0.05) is 32.7 Å². The number of carbonyl (C=O) groups excluding carboxylic acids is 1. The van der Waals surface area contributed by atoms with Gasteiger partial charge in [0.05, 0.1) is 42.1 Å². The molecule has 7 nitrogen and oxygen atoms in total. The Morgan fingerprint density at radius 3 is 2.65 bits per heavy atom. The number of rotatable bonds is 6. The zero-order chi connectivity index (χ0) is 23.3. The van der Waals surface area contributed by atoms with Gasteiger partial charge in [0.2, 0.25) is 0 Å². The maximum absolute atomic E-state index is 13.7. The molecule has 0 radical (unpaired) electrons. The molecule has 5 rings (SSSR count). The normalized spacial score (nSPS) is 22.6. The molecule has 8 heteroatoms. The lowest BCUT2D eigenvalue weighted by Gasteiger charge is -2.40. The third-order valence-corrected chi connectivity index (χ3v) is 8.15. The molecule has 184 valence electrons. The standard InChI is InChI=1S/C26H36N4O3S/c1-28(18-21-19-32-15-16-33-21)25-22(7-8-23(27-25)24-6-5-17-34-24)26(31)30-13-9-20(10-14-30)29-11-3-2-4-12-29/h5-8,17,20-21H,2-4,9-16,18-19H2,1H3/t21-/m1/s1. The van der Waals surface area contributed by atoms with E-state index in [9.17, 15) is 4.79 Å². The largest absolute Gasteiger partial charge is 0.376 e. The van der Waals surface area contributed by atoms with Gasteiger partial charge >= 0.3 is 0 Å². The van der Waals surface area contributed by atoms with E-state index in [1.54, 1.807) is 11.3 Å². The van der Waals surface area contributed by atoms with Crippen LogP contribution in [0.25, 0.3) is 10.6 Å². The molecule has 0 bridgehead atoms. The molecule has 3 aliphatic rings. The number of carbonyl (C=O) groups is 1. The summed E-state index contributed by atoms with van der Waals surface area (Å²) in [6.07, 6.45) is 6.08. The van der Waals surface area contributed by atoms with Crippen molar-refractivity contribution >= 4 is 23.1 Å². The highest BCUT2D eigenvalue weighted by Gasteiger charge is 2.30. The molecule has 0 N–H and O–H groups in total. The second-order valence-electron chi connectivity index (χ2n) is 9.61. The van der Waals surface area contributed by atoms with E-state index in [1.165, 1.54) is 32.4 Å². The Morgan fingerprint density at radius 1 is 1.12 bits per heavy atom. The number of hydrogen-bond acceptors (Lipinski definition) is 7. The number of hydrogen-bond donors (Lipinski definition) is 0. The van der Waals surface area contributed by atoms with Gasteiger partial charge in [-0.2, -0.15) is 0 Å². The van der Waals surface area contributed by atoms with Gasteiger partial charge in [0.1, 0.15) is 5.82 Å². The van der Waals surface area contributed by atoms with Crippen molar-refractivity contribution in [3.05, 3.63) is 35.2 Å². The number of likely N-dealkylation sites (tertiary alicyclic amines) is 2. The van der Waals surface area contributed by atoms with Gasteiger partial charge < -0.3 is 24.2 Å². The zero-order valence-corrected chi connectivity index (χ0v) is 21.0. The van der Waals surface area contributed by atoms with Crippen LogP contribution in [0.3, 0.4) is 0 Å². The van der Waals surface area contributed by atoms with Crippen molar-refractivity contribution < 1.29 is 14.3 Å². The molecule has 0 unspecified atom stereocenters. The first kappa shape index (κ1) is 23.7. The Bertz CT molecular complexity index is 934. The number of piperidine rings is 2. The van der Waals surface area contributed by atoms with E-state index < -0.39 is 0 Å². The quantitative estimate of drug-likeness (QED) is 0.623. The summed E-state index contributed by atoms with van der Waals surface area (Å²) in [5, 5.41) is 2.05. The lowest BCUT2D eigenvalue weighted by molar-refractivity contribution is -0.0837. The van der Waals surface area contributed by atoms with Crippen LogP contribution in [-0.2, 0) is 9.47 Å². The molecular formula is C26H36N4O3S. The van der Waals surface area contributed by atoms with Crippen LogP contribution >= 0.6 is 11.3 Å². The molecule has 5 heterocycles. The molecule has 1 amide bonds. The van der Waals surface area contributed by atoms with E-state index in [0.29, 0.717) is 38.0 Å². The summed E-state index contributed by atoms with van der Waals surface area (Å²) in [4.78, 5) is 26.5. The fourth-order valence-electron chi connectivity index (χ4n) is 5.39. The Kier molecular flexibility index (Phi) is 7.79. The number of amides is 1. The maximum Gasteiger partial charge on any atom is 0.257 e. The second-order valence-corrected chi connectivity index (χ2v) is 10.6. The first-order valence-electron chi connectivity index (χ1n) is 12.7. The highest BCUT2D eigenvalue weighted by atomic mass is 32.1. The number of thiophene rings is 1. The van der Waals surface area contributed by atoms with Crippen molar-refractivity contribution in [2.75, 3.05) is 64.5 Å². The Labute approximate surface area is 206 Å². The number of nitrogens with zero attached hydrogens (tertiary/aromatic N) is 4. The molecule has 0 aliphatic carbocycles. The fourth-order valence-corrected chi connectivity index (χ4v) is 6.09. The van der Waals surface area contributed by atoms with Gasteiger partial charge in [0.15, 0.2) is 0 Å². The number of pyridine rings is 1. The lowest BCUT2D eigenvalue weighted by Crippen LogP contribution is -2.48. The Hall–Kier alpha value is -2.00. The highest BCUT2D eigenvalue weighted by Crippen LogP contribution is 2.29. The lowest BCUT2D eigenvalue weighted by atomic mass is 9.99. The number of likely N-dealkylation sites (N-methyl/N-ethyl adjacent to an activating group) is 1. The molecule has 1 atom stereocenters. The molecule has 3 saturated heterocycles. The van der Waals surface area contributed by atoms with E-state index in [2.05, 4.69) is 21.2 Å². The molecule has 0 spiro atoms. The van der Waals surface area contributed by atoms with Crippen molar-refractivity contribution in [2.24, 2.45) is 0 Å². The van der Waals surface area contributed by atoms with Crippen molar-refractivity contribution in [3.8, 4) is 10.6 Å². The van der Waals surface area contributed by atoms with Gasteiger partial charge in [-0.15, -0.1) is 11.3 Å². The van der Waals surface area contributed by atoms with Crippen LogP contribution in [-0.4, -0.2) is 92.4 Å². The van der Waals surface area contributed by atoms with Gasteiger partial charge in [-0.3, -0.25) is 4.79 Å². The first-order valence-corrected chi connectivity index (χ1v) is 13.6. The monoisotopic (exact) mass is 484 g/mol. The maximum atomic E-state index is 13.7. The number of anilines is 1. The summed E-state index contributed by atoms with van der Waals surface area (Å²) in [5.74, 6) is 0.813. The van der Waals surface area contributed by atoms with Crippen LogP contribution in [0.2, 0.25) is 0 Å². The summed E-state index contributed by atoms with van der Waals surface area (Å²) < 4.78 is 11.5. The van der Waals surface area contributed by atoms with E-state index in [4.69, 9.17) is 14.5 Å². The SMILES string of the molecule is CN(C[C@@H]1COCCO1)c1nc(-c2cccs2)ccc1C(=O)N1CCC(N2CCCCC2)CC1. The van der Waals surface area contributed by atoms with E-state index >= 15 is 0 Å². The van der Waals surface area contributed by atoms with Crippen molar-refractivity contribution in [3.63, 3.8) is 0 Å². The molecular weight excluding hydrogens is 448 g/mol. The smallest absolute Gasteiger partial charge is 0.257 e. The summed E-state index contributed by atoms with van der Waals surface area (Å²) in [7, 11) is 2.00. The number of aromatic nitrogens is 1. The molecule has 2 aromatic rings. The predicted octanol–water partition coefficient (Wildman–Crippen LogP) is 3.75. The molecule has 2 aromatic heterocycles. The molecule has 0 saturated carbocycles. The third-order valence-electron chi connectivity index (χ3n) is 7.26. The molecule has 34 heavy (non-hydrogen) atoms. The van der Waals surface area contributed by atoms with E-state index in [1.807, 2.05) is 30.1 Å². The third kappa shape index (κ3) is 5.46. The average molecular weight is 485 g/mol. The zero-order valence-electron chi connectivity index (χ0n) is 20.2. The summed E-state index contributed by atoms with van der Waals surface area (Å²) >= 11 is 1.66. The van der Waals surface area contributed by atoms with Crippen molar-refractivity contribution in [1.82, 2.24) is 14.8 Å². The highest BCUT2D eigenvalue weighted by molar-refractivity contribution is 7.13. The van der Waals surface area contributed by atoms with E-state index in [0.717, 1.165) is 42.3 Å². The Balaban J connectivity index is 1.32. The van der Waals surface area contributed by atoms with Crippen molar-refractivity contribution in [2.45, 2.75) is 44.2 Å². The van der Waals surface area contributed by atoms with Crippen LogP contribution < -0.4 is 4.90 Å². The van der Waals surface area contributed by atoms with Gasteiger partial charge in [0.25, 0.3) is 5.91 Å². The minimum absolute atomic E-state index is 0.0193. The van der Waals surface area contributed by atoms with Gasteiger partial charge in [-0.1, -0.05) is 12.5 Å². The first-order chi connectivity index (χ1) is 16.7. The summed E-state index contributed by atoms with van der Waals surface area (Å²) in [5.41, 5.74) is 1.58. The average Bonchev–Trinajstić information content (AvgIpc) is 3.44. The van der Waals surface area contributed by atoms with Crippen LogP contribution in [0.15, 0.2) is 29.6 Å². The van der Waals surface area contributed by atoms with Crippen LogP contribution in [0, 0.1) is 0 Å². The van der Waals surface area contributed by atoms with Crippen LogP contribution in [0.1, 0.15) is 42.5 Å². The number of ether oxygens (including phenoxy) is 2. The fraction of sp³-hybridized carbons (Fsp3) is 0.615. The Morgan fingerprint density at radius 2 is 1.94 bits per heavy atom. The van der Waals surface area contributed by atoms with Crippen LogP contribution in [0.5, 0.6) is 0 Å². The minimum atomic E-state index is -0.0193. The molecule has 3 fully saturated rings. The van der Waals surface area contributed by atoms with E-state index in [-0.39, 0.29) is 12.0 Å². The topological polar surface area (TPSA) is 58.1 Å². The minimum Gasteiger partial charge on any atom is -0.376 e. The van der Waals surface area contributed by atoms with Gasteiger partial charge in [-0.25, -0.2) is 4.98 Å². The summed E-state index contributed by atoms with van der Waals surface area (Å²) in [6, 6.07) is 8.67. The van der Waals surface area contributed by atoms with Crippen molar-refractivity contribution in [1.29, 1.82) is 0 Å². The second kappa shape index (κ2) is 11.2. The molecule has 0 aromatic carbocycles. The molecule has 3 aliphatic heterocycles. The summed E-state index contributed by atoms with van der Waals surface area (Å²) in [6.45, 7) is 6.52. The predicted molar refractivity (Wildman–Crippen MR) is 136 cm³/mol. The van der Waals surface area contributed by atoms with Crippen LogP contribution in [0.4, 0.5) is 5.82 Å². The van der Waals surface area contributed by atoms with Gasteiger partial charge in [-0.05, 0) is 62.4 Å².